The van der Waals surface area contributed by atoms with Crippen LogP contribution in [0.15, 0.2) is 48.5 Å². The summed E-state index contributed by atoms with van der Waals surface area (Å²) in [5, 5.41) is 13.0. The third-order valence-corrected chi connectivity index (χ3v) is 2.59. The highest BCUT2D eigenvalue weighted by Gasteiger charge is 2.01. The molecule has 0 aliphatic rings. The molecule has 0 amide bonds. The van der Waals surface area contributed by atoms with Crippen LogP contribution in [-0.2, 0) is 0 Å². The molecular weight excluding hydrogens is 230 g/mol. The van der Waals surface area contributed by atoms with Crippen LogP contribution >= 0.6 is 0 Å². The van der Waals surface area contributed by atoms with Crippen LogP contribution in [-0.4, -0.2) is 14.2 Å². The number of nitrogens with zero attached hydrogens (tertiary/aromatic N) is 1. The van der Waals surface area contributed by atoms with E-state index < -0.39 is 0 Å². The number of anilines is 2. The zero-order valence-corrected chi connectivity index (χ0v) is 10.3. The van der Waals surface area contributed by atoms with E-state index in [9.17, 15) is 5.21 Å². The fourth-order valence-electron chi connectivity index (χ4n) is 1.60. The Bertz CT molecular complexity index is 511. The first-order valence-electron chi connectivity index (χ1n) is 5.50. The largest absolute Gasteiger partial charge is 0.754 e. The van der Waals surface area contributed by atoms with Crippen molar-refractivity contribution in [2.24, 2.45) is 0 Å². The lowest BCUT2D eigenvalue weighted by molar-refractivity contribution is 0.414. The number of hydrogen-bond donors (Lipinski definition) is 0. The van der Waals surface area contributed by atoms with Crippen molar-refractivity contribution in [2.75, 3.05) is 19.3 Å². The molecule has 0 unspecified atom stereocenters. The second kappa shape index (κ2) is 5.42. The summed E-state index contributed by atoms with van der Waals surface area (Å²) in [7, 11) is 3.16. The van der Waals surface area contributed by atoms with Gasteiger partial charge in [0.25, 0.3) is 0 Å². The highest BCUT2D eigenvalue weighted by Crippen LogP contribution is 2.28. The molecule has 2 rings (SSSR count). The molecule has 0 aliphatic carbocycles. The van der Waals surface area contributed by atoms with Gasteiger partial charge in [0, 0.05) is 17.4 Å². The van der Waals surface area contributed by atoms with Gasteiger partial charge in [-0.15, -0.1) is 0 Å². The first-order chi connectivity index (χ1) is 8.74. The Morgan fingerprint density at radius 2 is 1.50 bits per heavy atom. The lowest BCUT2D eigenvalue weighted by atomic mass is 10.2. The number of rotatable bonds is 4. The maximum Gasteiger partial charge on any atom is 0.120 e. The van der Waals surface area contributed by atoms with Crippen molar-refractivity contribution in [1.82, 2.24) is 0 Å². The van der Waals surface area contributed by atoms with E-state index >= 15 is 0 Å². The van der Waals surface area contributed by atoms with E-state index in [0.29, 0.717) is 17.1 Å². The standard InChI is InChI=1S/C14H14NO3/c1-17-13-8-6-11(7-9-13)15(16)12-4-3-5-14(10-12)18-2/h3-10H,1-2H3/q-1. The molecular formula is C14H14NO3-. The summed E-state index contributed by atoms with van der Waals surface area (Å²) in [6.45, 7) is 0. The van der Waals surface area contributed by atoms with E-state index in [0.717, 1.165) is 10.8 Å². The fourth-order valence-corrected chi connectivity index (χ4v) is 1.60. The molecule has 4 nitrogen and oxygen atoms in total. The minimum absolute atomic E-state index is 0.527. The molecule has 0 N–H and O–H groups in total. The number of benzene rings is 2. The minimum atomic E-state index is 0.527. The van der Waals surface area contributed by atoms with Gasteiger partial charge < -0.3 is 19.7 Å². The van der Waals surface area contributed by atoms with Crippen LogP contribution in [0.25, 0.3) is 0 Å². The average Bonchev–Trinajstić information content (AvgIpc) is 2.46. The molecule has 2 aromatic rings. The van der Waals surface area contributed by atoms with Crippen LogP contribution in [0.5, 0.6) is 11.5 Å². The molecule has 4 heteroatoms. The number of hydrogen-bond acceptors (Lipinski definition) is 4. The van der Waals surface area contributed by atoms with Crippen molar-refractivity contribution < 1.29 is 9.47 Å². The Labute approximate surface area is 106 Å². The topological polar surface area (TPSA) is 44.8 Å². The van der Waals surface area contributed by atoms with E-state index in [1.807, 2.05) is 0 Å². The molecule has 0 spiro atoms. The first-order valence-corrected chi connectivity index (χ1v) is 5.50. The van der Waals surface area contributed by atoms with Crippen LogP contribution in [0.4, 0.5) is 11.4 Å². The Balaban J connectivity index is 2.25. The minimum Gasteiger partial charge on any atom is -0.754 e. The second-order valence-corrected chi connectivity index (χ2v) is 3.69. The molecule has 0 bridgehead atoms. The molecule has 18 heavy (non-hydrogen) atoms. The number of methoxy groups -OCH3 is 2. The molecule has 0 saturated carbocycles. The maximum atomic E-state index is 12.1. The van der Waals surface area contributed by atoms with E-state index in [-0.39, 0.29) is 0 Å². The molecule has 0 saturated heterocycles. The molecule has 0 aliphatic heterocycles. The summed E-state index contributed by atoms with van der Waals surface area (Å²) >= 11 is 0. The third kappa shape index (κ3) is 2.55. The van der Waals surface area contributed by atoms with Gasteiger partial charge in [0.15, 0.2) is 0 Å². The quantitative estimate of drug-likeness (QED) is 0.774. The molecule has 0 atom stereocenters. The van der Waals surface area contributed by atoms with Crippen molar-refractivity contribution in [3.05, 3.63) is 53.7 Å². The molecule has 0 radical (unpaired) electrons. The Morgan fingerprint density at radius 1 is 0.833 bits per heavy atom. The van der Waals surface area contributed by atoms with Crippen LogP contribution in [0, 0.1) is 5.21 Å². The predicted octanol–water partition coefficient (Wildman–Crippen LogP) is 3.34. The molecule has 0 heterocycles. The van der Waals surface area contributed by atoms with Gasteiger partial charge in [0.05, 0.1) is 14.2 Å². The maximum absolute atomic E-state index is 12.1. The van der Waals surface area contributed by atoms with Crippen LogP contribution < -0.4 is 14.5 Å². The highest BCUT2D eigenvalue weighted by molar-refractivity contribution is 5.65. The molecule has 94 valence electrons. The van der Waals surface area contributed by atoms with Crippen molar-refractivity contribution in [1.29, 1.82) is 0 Å². The Hall–Kier alpha value is -2.20. The normalized spacial score (nSPS) is 9.94. The zero-order valence-electron chi connectivity index (χ0n) is 10.3. The lowest BCUT2D eigenvalue weighted by Crippen LogP contribution is -2.06. The molecule has 2 aromatic carbocycles. The Kier molecular flexibility index (Phi) is 3.69. The van der Waals surface area contributed by atoms with Crippen molar-refractivity contribution >= 4 is 11.4 Å². The second-order valence-electron chi connectivity index (χ2n) is 3.69. The smallest absolute Gasteiger partial charge is 0.120 e. The zero-order chi connectivity index (χ0) is 13.0. The van der Waals surface area contributed by atoms with Gasteiger partial charge >= 0.3 is 0 Å². The van der Waals surface area contributed by atoms with Gasteiger partial charge in [-0.1, -0.05) is 6.07 Å². The van der Waals surface area contributed by atoms with Gasteiger partial charge in [-0.3, -0.25) is 0 Å². The third-order valence-electron chi connectivity index (χ3n) is 2.59. The summed E-state index contributed by atoms with van der Waals surface area (Å²) in [5.41, 5.74) is 1.07. The van der Waals surface area contributed by atoms with Crippen molar-refractivity contribution in [3.8, 4) is 11.5 Å². The SMILES string of the molecule is COc1ccc(N([O-])c2cccc(OC)c2)cc1. The van der Waals surface area contributed by atoms with E-state index in [2.05, 4.69) is 0 Å². The van der Waals surface area contributed by atoms with Crippen molar-refractivity contribution in [2.45, 2.75) is 0 Å². The number of ether oxygens (including phenoxy) is 2. The molecule has 0 aromatic heterocycles. The van der Waals surface area contributed by atoms with Gasteiger partial charge in [-0.05, 0) is 36.4 Å². The predicted molar refractivity (Wildman–Crippen MR) is 71.5 cm³/mol. The summed E-state index contributed by atoms with van der Waals surface area (Å²) in [5.74, 6) is 1.37. The van der Waals surface area contributed by atoms with Gasteiger partial charge in [0.2, 0.25) is 0 Å². The summed E-state index contributed by atoms with van der Waals surface area (Å²) < 4.78 is 10.1. The molecule has 0 fully saturated rings. The summed E-state index contributed by atoms with van der Waals surface area (Å²) in [6.07, 6.45) is 0. The van der Waals surface area contributed by atoms with Crippen molar-refractivity contribution in [3.63, 3.8) is 0 Å². The average molecular weight is 244 g/mol. The fraction of sp³-hybridized carbons (Fsp3) is 0.143. The highest BCUT2D eigenvalue weighted by atomic mass is 16.5. The first kappa shape index (κ1) is 12.3. The van der Waals surface area contributed by atoms with E-state index in [4.69, 9.17) is 9.47 Å². The Morgan fingerprint density at radius 3 is 2.11 bits per heavy atom. The summed E-state index contributed by atoms with van der Waals surface area (Å²) in [4.78, 5) is 0. The van der Waals surface area contributed by atoms with Gasteiger partial charge in [-0.25, -0.2) is 0 Å². The van der Waals surface area contributed by atoms with Crippen LogP contribution in [0.2, 0.25) is 0 Å². The van der Waals surface area contributed by atoms with E-state index in [1.54, 1.807) is 62.8 Å². The van der Waals surface area contributed by atoms with E-state index in [1.165, 1.54) is 0 Å². The lowest BCUT2D eigenvalue weighted by Gasteiger charge is -2.31. The van der Waals surface area contributed by atoms with Crippen LogP contribution in [0.3, 0.4) is 0 Å². The monoisotopic (exact) mass is 244 g/mol. The summed E-state index contributed by atoms with van der Waals surface area (Å²) in [6, 6.07) is 13.9. The van der Waals surface area contributed by atoms with Crippen LogP contribution in [0.1, 0.15) is 0 Å². The van der Waals surface area contributed by atoms with Gasteiger partial charge in [0.1, 0.15) is 11.5 Å². The van der Waals surface area contributed by atoms with Gasteiger partial charge in [-0.2, -0.15) is 0 Å².